The van der Waals surface area contributed by atoms with E-state index in [-0.39, 0.29) is 11.2 Å². The molecular formula is C15H21FN2. The Morgan fingerprint density at radius 3 is 2.50 bits per heavy atom. The molecule has 98 valence electrons. The van der Waals surface area contributed by atoms with Crippen LogP contribution in [0.25, 0.3) is 0 Å². The molecule has 2 nitrogen and oxygen atoms in total. The van der Waals surface area contributed by atoms with E-state index in [1.807, 2.05) is 6.07 Å². The van der Waals surface area contributed by atoms with Gasteiger partial charge in [0.05, 0.1) is 0 Å². The average Bonchev–Trinajstić information content (AvgIpc) is 3.02. The molecule has 1 aromatic carbocycles. The van der Waals surface area contributed by atoms with Crippen LogP contribution in [0.15, 0.2) is 18.2 Å². The minimum atomic E-state index is -0.0564. The molecule has 0 spiro atoms. The maximum atomic E-state index is 14.1. The third kappa shape index (κ3) is 2.17. The fourth-order valence-corrected chi connectivity index (χ4v) is 2.95. The van der Waals surface area contributed by atoms with Gasteiger partial charge in [-0.15, -0.1) is 0 Å². The highest BCUT2D eigenvalue weighted by molar-refractivity contribution is 5.35. The van der Waals surface area contributed by atoms with Crippen molar-refractivity contribution in [1.29, 1.82) is 0 Å². The van der Waals surface area contributed by atoms with Crippen LogP contribution in [-0.4, -0.2) is 24.5 Å². The number of hydrogen-bond acceptors (Lipinski definition) is 2. The van der Waals surface area contributed by atoms with Crippen LogP contribution in [0.1, 0.15) is 36.8 Å². The van der Waals surface area contributed by atoms with Gasteiger partial charge in [-0.25, -0.2) is 4.39 Å². The van der Waals surface area contributed by atoms with Crippen LogP contribution >= 0.6 is 0 Å². The van der Waals surface area contributed by atoms with E-state index in [1.54, 1.807) is 6.07 Å². The number of benzene rings is 1. The molecule has 2 aliphatic rings. The van der Waals surface area contributed by atoms with Gasteiger partial charge < -0.3 is 5.73 Å². The maximum Gasteiger partial charge on any atom is 0.127 e. The summed E-state index contributed by atoms with van der Waals surface area (Å²) in [5, 5.41) is 0. The molecule has 2 fully saturated rings. The van der Waals surface area contributed by atoms with Gasteiger partial charge >= 0.3 is 0 Å². The van der Waals surface area contributed by atoms with E-state index >= 15 is 0 Å². The van der Waals surface area contributed by atoms with Crippen LogP contribution in [0.2, 0.25) is 0 Å². The summed E-state index contributed by atoms with van der Waals surface area (Å²) in [7, 11) is 0. The van der Waals surface area contributed by atoms with Crippen molar-refractivity contribution < 1.29 is 4.39 Å². The van der Waals surface area contributed by atoms with Gasteiger partial charge in [-0.05, 0) is 50.4 Å². The van der Waals surface area contributed by atoms with Gasteiger partial charge in [0.2, 0.25) is 0 Å². The fourth-order valence-electron chi connectivity index (χ4n) is 2.95. The lowest BCUT2D eigenvalue weighted by atomic mass is 9.95. The van der Waals surface area contributed by atoms with E-state index < -0.39 is 0 Å². The number of nitrogens with two attached hydrogens (primary N) is 1. The average molecular weight is 248 g/mol. The maximum absolute atomic E-state index is 14.1. The second-order valence-corrected chi connectivity index (χ2v) is 5.77. The van der Waals surface area contributed by atoms with Crippen LogP contribution in [-0.2, 0) is 12.0 Å². The van der Waals surface area contributed by atoms with E-state index in [2.05, 4.69) is 11.0 Å². The van der Waals surface area contributed by atoms with Crippen molar-refractivity contribution in [1.82, 2.24) is 4.90 Å². The number of hydrogen-bond donors (Lipinski definition) is 1. The van der Waals surface area contributed by atoms with Crippen molar-refractivity contribution in [3.8, 4) is 0 Å². The van der Waals surface area contributed by atoms with Crippen molar-refractivity contribution in [2.45, 2.75) is 37.6 Å². The fraction of sp³-hybridized carbons (Fsp3) is 0.600. The van der Waals surface area contributed by atoms with Crippen LogP contribution in [0, 0.1) is 5.82 Å². The zero-order chi connectivity index (χ0) is 12.6. The molecule has 2 N–H and O–H groups in total. The lowest BCUT2D eigenvalue weighted by Gasteiger charge is -2.17. The first kappa shape index (κ1) is 12.1. The standard InChI is InChI=1S/C15H21FN2/c16-14-9-13(15(11-17)5-6-15)4-3-12(14)10-18-7-1-2-8-18/h3-4,9H,1-2,5-8,10-11,17H2. The molecule has 3 rings (SSSR count). The molecule has 1 aromatic rings. The molecule has 0 radical (unpaired) electrons. The summed E-state index contributed by atoms with van der Waals surface area (Å²) in [6.45, 7) is 3.60. The molecular weight excluding hydrogens is 227 g/mol. The molecule has 0 amide bonds. The summed E-state index contributed by atoms with van der Waals surface area (Å²) in [4.78, 5) is 2.33. The summed E-state index contributed by atoms with van der Waals surface area (Å²) >= 11 is 0. The highest BCUT2D eigenvalue weighted by Gasteiger charge is 2.43. The van der Waals surface area contributed by atoms with Gasteiger partial charge in [0.25, 0.3) is 0 Å². The molecule has 1 saturated heterocycles. The first-order valence-electron chi connectivity index (χ1n) is 6.95. The minimum absolute atomic E-state index is 0.0564. The second-order valence-electron chi connectivity index (χ2n) is 5.77. The lowest BCUT2D eigenvalue weighted by Crippen LogP contribution is -2.21. The van der Waals surface area contributed by atoms with Crippen molar-refractivity contribution >= 4 is 0 Å². The van der Waals surface area contributed by atoms with E-state index in [4.69, 9.17) is 5.73 Å². The molecule has 1 heterocycles. The molecule has 1 aliphatic carbocycles. The largest absolute Gasteiger partial charge is 0.330 e. The van der Waals surface area contributed by atoms with E-state index in [0.29, 0.717) is 6.54 Å². The minimum Gasteiger partial charge on any atom is -0.330 e. The Bertz CT molecular complexity index is 434. The zero-order valence-electron chi connectivity index (χ0n) is 10.8. The Hall–Kier alpha value is -0.930. The Balaban J connectivity index is 1.76. The third-order valence-corrected chi connectivity index (χ3v) is 4.50. The Morgan fingerprint density at radius 2 is 1.94 bits per heavy atom. The van der Waals surface area contributed by atoms with Crippen molar-refractivity contribution in [3.05, 3.63) is 35.1 Å². The first-order valence-corrected chi connectivity index (χ1v) is 6.95. The van der Waals surface area contributed by atoms with Gasteiger partial charge in [-0.1, -0.05) is 12.1 Å². The Labute approximate surface area is 108 Å². The quantitative estimate of drug-likeness (QED) is 0.886. The number of nitrogens with zero attached hydrogens (tertiary/aromatic N) is 1. The summed E-state index contributed by atoms with van der Waals surface area (Å²) in [6, 6.07) is 5.75. The lowest BCUT2D eigenvalue weighted by molar-refractivity contribution is 0.325. The number of likely N-dealkylation sites (tertiary alicyclic amines) is 1. The molecule has 1 saturated carbocycles. The van der Waals surface area contributed by atoms with E-state index in [0.717, 1.165) is 43.6 Å². The monoisotopic (exact) mass is 248 g/mol. The molecule has 0 bridgehead atoms. The van der Waals surface area contributed by atoms with Crippen molar-refractivity contribution in [2.24, 2.45) is 5.73 Å². The highest BCUT2D eigenvalue weighted by atomic mass is 19.1. The summed E-state index contributed by atoms with van der Waals surface area (Å²) in [5.74, 6) is -0.0564. The predicted octanol–water partition coefficient (Wildman–Crippen LogP) is 2.41. The van der Waals surface area contributed by atoms with Crippen LogP contribution < -0.4 is 5.73 Å². The Kier molecular flexibility index (Phi) is 3.12. The number of halogens is 1. The van der Waals surface area contributed by atoms with Crippen LogP contribution in [0.3, 0.4) is 0 Å². The third-order valence-electron chi connectivity index (χ3n) is 4.50. The van der Waals surface area contributed by atoms with Crippen molar-refractivity contribution in [3.63, 3.8) is 0 Å². The second kappa shape index (κ2) is 4.63. The van der Waals surface area contributed by atoms with Gasteiger partial charge in [-0.3, -0.25) is 4.90 Å². The van der Waals surface area contributed by atoms with Gasteiger partial charge in [-0.2, -0.15) is 0 Å². The van der Waals surface area contributed by atoms with Crippen LogP contribution in [0.4, 0.5) is 4.39 Å². The number of rotatable bonds is 4. The summed E-state index contributed by atoms with van der Waals surface area (Å²) < 4.78 is 14.1. The van der Waals surface area contributed by atoms with E-state index in [9.17, 15) is 4.39 Å². The normalized spacial score (nSPS) is 22.3. The van der Waals surface area contributed by atoms with Crippen LogP contribution in [0.5, 0.6) is 0 Å². The smallest absolute Gasteiger partial charge is 0.127 e. The molecule has 18 heavy (non-hydrogen) atoms. The van der Waals surface area contributed by atoms with Gasteiger partial charge in [0.15, 0.2) is 0 Å². The summed E-state index contributed by atoms with van der Waals surface area (Å²) in [5.41, 5.74) is 7.80. The molecule has 1 aliphatic heterocycles. The first-order chi connectivity index (χ1) is 8.73. The van der Waals surface area contributed by atoms with Gasteiger partial charge in [0.1, 0.15) is 5.82 Å². The zero-order valence-corrected chi connectivity index (χ0v) is 10.8. The molecule has 3 heteroatoms. The van der Waals surface area contributed by atoms with Gasteiger partial charge in [0, 0.05) is 24.1 Å². The summed E-state index contributed by atoms with van der Waals surface area (Å²) in [6.07, 6.45) is 4.70. The molecule has 0 aromatic heterocycles. The molecule has 0 atom stereocenters. The van der Waals surface area contributed by atoms with Crippen molar-refractivity contribution in [2.75, 3.05) is 19.6 Å². The Morgan fingerprint density at radius 1 is 1.22 bits per heavy atom. The topological polar surface area (TPSA) is 29.3 Å². The predicted molar refractivity (Wildman–Crippen MR) is 70.9 cm³/mol. The van der Waals surface area contributed by atoms with E-state index in [1.165, 1.54) is 12.8 Å². The highest BCUT2D eigenvalue weighted by Crippen LogP contribution is 2.47. The SMILES string of the molecule is NCC1(c2ccc(CN3CCCC3)c(F)c2)CC1. The molecule has 0 unspecified atom stereocenters.